The van der Waals surface area contributed by atoms with Gasteiger partial charge in [-0.15, -0.1) is 6.42 Å². The number of carbonyl (C=O) groups is 1. The third kappa shape index (κ3) is 2.51. The molecule has 0 aromatic rings. The van der Waals surface area contributed by atoms with E-state index in [0.717, 1.165) is 18.3 Å². The van der Waals surface area contributed by atoms with Crippen molar-refractivity contribution in [3.8, 4) is 12.3 Å². The van der Waals surface area contributed by atoms with Crippen molar-refractivity contribution in [2.24, 2.45) is 17.8 Å². The molecule has 3 fully saturated rings. The highest BCUT2D eigenvalue weighted by molar-refractivity contribution is 5.76. The van der Waals surface area contributed by atoms with Crippen LogP contribution in [0.3, 0.4) is 0 Å². The fourth-order valence-corrected chi connectivity index (χ4v) is 4.25. The van der Waals surface area contributed by atoms with Gasteiger partial charge in [0.15, 0.2) is 0 Å². The van der Waals surface area contributed by atoms with E-state index in [4.69, 9.17) is 6.42 Å². The Kier molecular flexibility index (Phi) is 3.30. The van der Waals surface area contributed by atoms with Crippen molar-refractivity contribution in [1.29, 1.82) is 0 Å². The van der Waals surface area contributed by atoms with Crippen molar-refractivity contribution >= 4 is 5.91 Å². The molecule has 1 saturated heterocycles. The summed E-state index contributed by atoms with van der Waals surface area (Å²) in [5.41, 5.74) is -0.983. The molecular formula is C16H23NO2. The van der Waals surface area contributed by atoms with Crippen LogP contribution in [-0.2, 0) is 4.79 Å². The molecule has 0 aromatic carbocycles. The van der Waals surface area contributed by atoms with E-state index in [1.807, 2.05) is 4.90 Å². The number of rotatable bonds is 2. The largest absolute Gasteiger partial charge is 0.377 e. The van der Waals surface area contributed by atoms with E-state index in [1.165, 1.54) is 25.7 Å². The zero-order valence-corrected chi connectivity index (χ0v) is 11.5. The quantitative estimate of drug-likeness (QED) is 0.770. The van der Waals surface area contributed by atoms with Crippen LogP contribution in [-0.4, -0.2) is 34.6 Å². The Balaban J connectivity index is 1.51. The van der Waals surface area contributed by atoms with Crippen LogP contribution in [0.2, 0.25) is 0 Å². The molecule has 3 aliphatic rings. The monoisotopic (exact) mass is 261 g/mol. The molecule has 3 rings (SSSR count). The molecule has 3 nitrogen and oxygen atoms in total. The van der Waals surface area contributed by atoms with E-state index < -0.39 is 5.60 Å². The SMILES string of the molecule is C#CC1(O)CCN(C(=O)CC2CC3CCC2C3)CC1. The first kappa shape index (κ1) is 13.0. The molecule has 2 aliphatic carbocycles. The number of amides is 1. The molecule has 1 aliphatic heterocycles. The average molecular weight is 261 g/mol. The van der Waals surface area contributed by atoms with Gasteiger partial charge in [0.2, 0.25) is 5.91 Å². The zero-order valence-electron chi connectivity index (χ0n) is 11.5. The molecule has 3 heteroatoms. The normalized spacial score (nSPS) is 36.2. The van der Waals surface area contributed by atoms with E-state index in [1.54, 1.807) is 0 Å². The van der Waals surface area contributed by atoms with Crippen LogP contribution >= 0.6 is 0 Å². The molecule has 3 atom stereocenters. The predicted molar refractivity (Wildman–Crippen MR) is 73.2 cm³/mol. The molecule has 1 amide bonds. The van der Waals surface area contributed by atoms with Gasteiger partial charge in [-0.05, 0) is 37.0 Å². The van der Waals surface area contributed by atoms with Gasteiger partial charge in [0, 0.05) is 32.4 Å². The van der Waals surface area contributed by atoms with Gasteiger partial charge in [0.1, 0.15) is 5.60 Å². The fourth-order valence-electron chi connectivity index (χ4n) is 4.25. The van der Waals surface area contributed by atoms with E-state index in [2.05, 4.69) is 5.92 Å². The van der Waals surface area contributed by atoms with E-state index in [0.29, 0.717) is 31.8 Å². The molecule has 2 saturated carbocycles. The molecule has 19 heavy (non-hydrogen) atoms. The summed E-state index contributed by atoms with van der Waals surface area (Å²) in [7, 11) is 0. The summed E-state index contributed by atoms with van der Waals surface area (Å²) in [6, 6.07) is 0. The number of likely N-dealkylation sites (tertiary alicyclic amines) is 1. The summed E-state index contributed by atoms with van der Waals surface area (Å²) < 4.78 is 0. The van der Waals surface area contributed by atoms with E-state index >= 15 is 0 Å². The first-order chi connectivity index (χ1) is 9.09. The Labute approximate surface area is 115 Å². The molecule has 3 unspecified atom stereocenters. The van der Waals surface area contributed by atoms with Crippen molar-refractivity contribution in [3.05, 3.63) is 0 Å². The van der Waals surface area contributed by atoms with Gasteiger partial charge in [-0.2, -0.15) is 0 Å². The number of aliphatic hydroxyl groups is 1. The van der Waals surface area contributed by atoms with Crippen molar-refractivity contribution in [3.63, 3.8) is 0 Å². The van der Waals surface area contributed by atoms with Crippen LogP contribution in [0.4, 0.5) is 0 Å². The maximum atomic E-state index is 12.3. The molecule has 0 aromatic heterocycles. The average Bonchev–Trinajstić information content (AvgIpc) is 3.02. The highest BCUT2D eigenvalue weighted by atomic mass is 16.3. The van der Waals surface area contributed by atoms with Crippen LogP contribution in [0.15, 0.2) is 0 Å². The second-order valence-corrected chi connectivity index (χ2v) is 6.70. The Hall–Kier alpha value is -1.01. The first-order valence-electron chi connectivity index (χ1n) is 7.57. The van der Waals surface area contributed by atoms with Crippen molar-refractivity contribution in [1.82, 2.24) is 4.90 Å². The number of carbonyl (C=O) groups excluding carboxylic acids is 1. The van der Waals surface area contributed by atoms with Crippen molar-refractivity contribution in [2.75, 3.05) is 13.1 Å². The number of nitrogens with zero attached hydrogens (tertiary/aromatic N) is 1. The Bertz CT molecular complexity index is 403. The minimum absolute atomic E-state index is 0.275. The third-order valence-electron chi connectivity index (χ3n) is 5.53. The highest BCUT2D eigenvalue weighted by Crippen LogP contribution is 2.49. The summed E-state index contributed by atoms with van der Waals surface area (Å²) in [4.78, 5) is 14.2. The van der Waals surface area contributed by atoms with E-state index in [-0.39, 0.29) is 5.91 Å². The van der Waals surface area contributed by atoms with Crippen LogP contribution in [0.1, 0.15) is 44.9 Å². The highest BCUT2D eigenvalue weighted by Gasteiger charge is 2.41. The van der Waals surface area contributed by atoms with Gasteiger partial charge in [0.25, 0.3) is 0 Å². The number of piperidine rings is 1. The maximum absolute atomic E-state index is 12.3. The predicted octanol–water partition coefficient (Wildman–Crippen LogP) is 1.80. The van der Waals surface area contributed by atoms with Gasteiger partial charge in [-0.3, -0.25) is 4.79 Å². The third-order valence-corrected chi connectivity index (χ3v) is 5.53. The topological polar surface area (TPSA) is 40.5 Å². The van der Waals surface area contributed by atoms with Crippen LogP contribution in [0.5, 0.6) is 0 Å². The second kappa shape index (κ2) is 4.83. The first-order valence-corrected chi connectivity index (χ1v) is 7.57. The number of hydrogen-bond donors (Lipinski definition) is 1. The van der Waals surface area contributed by atoms with Gasteiger partial charge in [-0.25, -0.2) is 0 Å². The maximum Gasteiger partial charge on any atom is 0.222 e. The lowest BCUT2D eigenvalue weighted by Gasteiger charge is -2.36. The van der Waals surface area contributed by atoms with Crippen molar-refractivity contribution < 1.29 is 9.90 Å². The number of terminal acetylenes is 1. The molecular weight excluding hydrogens is 238 g/mol. The number of hydrogen-bond acceptors (Lipinski definition) is 2. The number of fused-ring (bicyclic) bond motifs is 2. The van der Waals surface area contributed by atoms with Gasteiger partial charge in [-0.1, -0.05) is 12.3 Å². The molecule has 1 N–H and O–H groups in total. The Morgan fingerprint density at radius 1 is 1.32 bits per heavy atom. The van der Waals surface area contributed by atoms with Crippen LogP contribution in [0, 0.1) is 30.1 Å². The fraction of sp³-hybridized carbons (Fsp3) is 0.812. The minimum Gasteiger partial charge on any atom is -0.377 e. The Morgan fingerprint density at radius 2 is 2.05 bits per heavy atom. The summed E-state index contributed by atoms with van der Waals surface area (Å²) in [5, 5.41) is 9.98. The minimum atomic E-state index is -0.983. The lowest BCUT2D eigenvalue weighted by atomic mass is 9.85. The summed E-state index contributed by atoms with van der Waals surface area (Å²) in [5.74, 6) is 5.06. The van der Waals surface area contributed by atoms with Crippen molar-refractivity contribution in [2.45, 2.75) is 50.5 Å². The van der Waals surface area contributed by atoms with Crippen LogP contribution < -0.4 is 0 Å². The smallest absolute Gasteiger partial charge is 0.222 e. The van der Waals surface area contributed by atoms with Gasteiger partial charge < -0.3 is 10.0 Å². The lowest BCUT2D eigenvalue weighted by Crippen LogP contribution is -2.46. The lowest BCUT2D eigenvalue weighted by molar-refractivity contribution is -0.135. The van der Waals surface area contributed by atoms with Gasteiger partial charge >= 0.3 is 0 Å². The molecule has 0 radical (unpaired) electrons. The summed E-state index contributed by atoms with van der Waals surface area (Å²) >= 11 is 0. The molecule has 2 bridgehead atoms. The van der Waals surface area contributed by atoms with Crippen LogP contribution in [0.25, 0.3) is 0 Å². The summed E-state index contributed by atoms with van der Waals surface area (Å²) in [6.45, 7) is 1.22. The molecule has 104 valence electrons. The zero-order chi connectivity index (χ0) is 13.5. The second-order valence-electron chi connectivity index (χ2n) is 6.70. The molecule has 1 heterocycles. The summed E-state index contributed by atoms with van der Waals surface area (Å²) in [6.07, 6.45) is 12.4. The Morgan fingerprint density at radius 3 is 2.58 bits per heavy atom. The standard InChI is InChI=1S/C16H23NO2/c1-2-16(19)5-7-17(8-6-16)15(18)11-14-10-12-3-4-13(14)9-12/h1,12-14,19H,3-11H2. The van der Waals surface area contributed by atoms with Gasteiger partial charge in [0.05, 0.1) is 0 Å². The molecule has 0 spiro atoms. The van der Waals surface area contributed by atoms with E-state index in [9.17, 15) is 9.90 Å².